The third-order valence-corrected chi connectivity index (χ3v) is 4.37. The minimum atomic E-state index is -4.04. The Bertz CT molecular complexity index is 937. The minimum Gasteiger partial charge on any atom is -0.377 e. The molecule has 6 heteroatoms. The zero-order valence-electron chi connectivity index (χ0n) is 11.7. The summed E-state index contributed by atoms with van der Waals surface area (Å²) in [4.78, 5) is 4.21. The Balaban J connectivity index is 2.06. The van der Waals surface area contributed by atoms with Crippen molar-refractivity contribution in [2.75, 3.05) is 0 Å². The monoisotopic (exact) mass is 317 g/mol. The predicted octanol–water partition coefficient (Wildman–Crippen LogP) is 3.45. The average molecular weight is 317 g/mol. The van der Waals surface area contributed by atoms with Crippen molar-refractivity contribution in [3.63, 3.8) is 0 Å². The van der Waals surface area contributed by atoms with Gasteiger partial charge in [-0.3, -0.25) is 0 Å². The molecular formula is C16H12FNO3S. The number of para-hydroxylation sites is 1. The van der Waals surface area contributed by atoms with Gasteiger partial charge in [-0.05, 0) is 43.3 Å². The van der Waals surface area contributed by atoms with Gasteiger partial charge in [0.1, 0.15) is 16.2 Å². The highest BCUT2D eigenvalue weighted by atomic mass is 32.2. The summed E-state index contributed by atoms with van der Waals surface area (Å²) in [6, 6.07) is 13.2. The molecule has 0 amide bonds. The summed E-state index contributed by atoms with van der Waals surface area (Å²) in [7, 11) is -4.04. The molecule has 3 rings (SSSR count). The first kappa shape index (κ1) is 14.5. The molecule has 0 aliphatic carbocycles. The molecular weight excluding hydrogens is 305 g/mol. The Morgan fingerprint density at radius 1 is 1.00 bits per heavy atom. The van der Waals surface area contributed by atoms with Crippen LogP contribution in [0.3, 0.4) is 0 Å². The first-order valence-corrected chi connectivity index (χ1v) is 7.93. The minimum absolute atomic E-state index is 0.112. The van der Waals surface area contributed by atoms with Gasteiger partial charge >= 0.3 is 10.1 Å². The molecule has 0 N–H and O–H groups in total. The lowest BCUT2D eigenvalue weighted by Gasteiger charge is -2.09. The van der Waals surface area contributed by atoms with Gasteiger partial charge in [-0.25, -0.2) is 9.37 Å². The van der Waals surface area contributed by atoms with E-state index in [1.54, 1.807) is 6.07 Å². The molecule has 0 atom stereocenters. The SMILES string of the molecule is Cc1ccc2cccc(OS(=O)(=O)c3ccc(F)cc3)c2n1. The van der Waals surface area contributed by atoms with Crippen LogP contribution in [0.2, 0.25) is 0 Å². The fourth-order valence-corrected chi connectivity index (χ4v) is 2.99. The number of pyridine rings is 1. The van der Waals surface area contributed by atoms with Gasteiger partial charge < -0.3 is 4.18 Å². The molecule has 0 radical (unpaired) electrons. The summed E-state index contributed by atoms with van der Waals surface area (Å²) >= 11 is 0. The van der Waals surface area contributed by atoms with E-state index in [4.69, 9.17) is 4.18 Å². The number of halogens is 1. The van der Waals surface area contributed by atoms with Crippen molar-refractivity contribution >= 4 is 21.0 Å². The summed E-state index contributed by atoms with van der Waals surface area (Å²) in [5.41, 5.74) is 1.22. The first-order chi connectivity index (χ1) is 10.5. The number of fused-ring (bicyclic) bond motifs is 1. The molecule has 1 aromatic heterocycles. The molecule has 0 unspecified atom stereocenters. The van der Waals surface area contributed by atoms with Gasteiger partial charge in [-0.2, -0.15) is 8.42 Å². The first-order valence-electron chi connectivity index (χ1n) is 6.52. The normalized spacial score (nSPS) is 11.5. The van der Waals surface area contributed by atoms with Crippen molar-refractivity contribution < 1.29 is 17.0 Å². The lowest BCUT2D eigenvalue weighted by molar-refractivity contribution is 0.488. The van der Waals surface area contributed by atoms with E-state index >= 15 is 0 Å². The highest BCUT2D eigenvalue weighted by Gasteiger charge is 2.18. The molecule has 0 saturated carbocycles. The van der Waals surface area contributed by atoms with E-state index in [1.165, 1.54) is 6.07 Å². The van der Waals surface area contributed by atoms with Crippen molar-refractivity contribution in [1.82, 2.24) is 4.98 Å². The number of hydrogen-bond donors (Lipinski definition) is 0. The number of rotatable bonds is 3. The van der Waals surface area contributed by atoms with E-state index in [0.29, 0.717) is 5.52 Å². The quantitative estimate of drug-likeness (QED) is 0.694. The van der Waals surface area contributed by atoms with Crippen LogP contribution in [-0.4, -0.2) is 13.4 Å². The lowest BCUT2D eigenvalue weighted by Crippen LogP contribution is -2.10. The van der Waals surface area contributed by atoms with E-state index in [9.17, 15) is 12.8 Å². The summed E-state index contributed by atoms with van der Waals surface area (Å²) in [6.07, 6.45) is 0. The highest BCUT2D eigenvalue weighted by molar-refractivity contribution is 7.87. The maximum atomic E-state index is 12.9. The van der Waals surface area contributed by atoms with Crippen LogP contribution in [0, 0.1) is 12.7 Å². The van der Waals surface area contributed by atoms with E-state index in [1.807, 2.05) is 25.1 Å². The molecule has 0 saturated heterocycles. The molecule has 2 aromatic carbocycles. The smallest absolute Gasteiger partial charge is 0.339 e. The molecule has 1 heterocycles. The maximum absolute atomic E-state index is 12.9. The van der Waals surface area contributed by atoms with E-state index in [0.717, 1.165) is 35.3 Å². The number of aromatic nitrogens is 1. The fourth-order valence-electron chi connectivity index (χ4n) is 2.05. The van der Waals surface area contributed by atoms with Gasteiger partial charge in [0.15, 0.2) is 5.75 Å². The molecule has 0 bridgehead atoms. The Hall–Kier alpha value is -2.47. The number of hydrogen-bond acceptors (Lipinski definition) is 4. The van der Waals surface area contributed by atoms with Crippen LogP contribution >= 0.6 is 0 Å². The summed E-state index contributed by atoms with van der Waals surface area (Å²) in [5, 5.41) is 0.775. The van der Waals surface area contributed by atoms with Crippen molar-refractivity contribution in [1.29, 1.82) is 0 Å². The van der Waals surface area contributed by atoms with Crippen molar-refractivity contribution in [2.24, 2.45) is 0 Å². The third-order valence-electron chi connectivity index (χ3n) is 3.12. The largest absolute Gasteiger partial charge is 0.377 e. The molecule has 22 heavy (non-hydrogen) atoms. The van der Waals surface area contributed by atoms with Crippen molar-refractivity contribution in [2.45, 2.75) is 11.8 Å². The van der Waals surface area contributed by atoms with Crippen molar-refractivity contribution in [3.05, 3.63) is 66.1 Å². The molecule has 0 fully saturated rings. The van der Waals surface area contributed by atoms with Gasteiger partial charge in [0, 0.05) is 11.1 Å². The van der Waals surface area contributed by atoms with Gasteiger partial charge in [0.2, 0.25) is 0 Å². The molecule has 0 aliphatic heterocycles. The Morgan fingerprint density at radius 3 is 2.45 bits per heavy atom. The van der Waals surface area contributed by atoms with Crippen LogP contribution in [0.1, 0.15) is 5.69 Å². The maximum Gasteiger partial charge on any atom is 0.339 e. The zero-order chi connectivity index (χ0) is 15.7. The fraction of sp³-hybridized carbons (Fsp3) is 0.0625. The average Bonchev–Trinajstić information content (AvgIpc) is 2.48. The number of nitrogens with zero attached hydrogens (tertiary/aromatic N) is 1. The standard InChI is InChI=1S/C16H12FNO3S/c1-11-5-6-12-3-2-4-15(16(12)18-11)21-22(19,20)14-9-7-13(17)8-10-14/h2-10H,1H3. The zero-order valence-corrected chi connectivity index (χ0v) is 12.5. The summed E-state index contributed by atoms with van der Waals surface area (Å²) < 4.78 is 42.6. The molecule has 0 aliphatic rings. The third kappa shape index (κ3) is 2.78. The van der Waals surface area contributed by atoms with Crippen LogP contribution < -0.4 is 4.18 Å². The van der Waals surface area contributed by atoms with Gasteiger partial charge in [-0.1, -0.05) is 18.2 Å². The van der Waals surface area contributed by atoms with Crippen LogP contribution in [-0.2, 0) is 10.1 Å². The van der Waals surface area contributed by atoms with Crippen LogP contribution in [0.5, 0.6) is 5.75 Å². The Morgan fingerprint density at radius 2 is 1.73 bits per heavy atom. The van der Waals surface area contributed by atoms with Gasteiger partial charge in [0.05, 0.1) is 0 Å². The second-order valence-corrected chi connectivity index (χ2v) is 6.32. The molecule has 0 spiro atoms. The van der Waals surface area contributed by atoms with E-state index in [-0.39, 0.29) is 10.6 Å². The van der Waals surface area contributed by atoms with Crippen LogP contribution in [0.15, 0.2) is 59.5 Å². The van der Waals surface area contributed by atoms with E-state index in [2.05, 4.69) is 4.98 Å². The Kier molecular flexibility index (Phi) is 3.54. The lowest BCUT2D eigenvalue weighted by atomic mass is 10.2. The molecule has 112 valence electrons. The second-order valence-electron chi connectivity index (χ2n) is 4.77. The number of benzene rings is 2. The van der Waals surface area contributed by atoms with Crippen LogP contribution in [0.4, 0.5) is 4.39 Å². The van der Waals surface area contributed by atoms with Crippen LogP contribution in [0.25, 0.3) is 10.9 Å². The molecule has 3 aromatic rings. The van der Waals surface area contributed by atoms with Gasteiger partial charge in [-0.15, -0.1) is 0 Å². The van der Waals surface area contributed by atoms with E-state index < -0.39 is 15.9 Å². The summed E-state index contributed by atoms with van der Waals surface area (Å²) in [5.74, 6) is -0.369. The highest BCUT2D eigenvalue weighted by Crippen LogP contribution is 2.27. The predicted molar refractivity (Wildman–Crippen MR) is 80.7 cm³/mol. The molecule has 4 nitrogen and oxygen atoms in total. The number of aryl methyl sites for hydroxylation is 1. The van der Waals surface area contributed by atoms with Gasteiger partial charge in [0.25, 0.3) is 0 Å². The topological polar surface area (TPSA) is 56.3 Å². The Labute approximate surface area is 127 Å². The summed E-state index contributed by atoms with van der Waals surface area (Å²) in [6.45, 7) is 1.81. The second kappa shape index (κ2) is 5.38. The van der Waals surface area contributed by atoms with Crippen molar-refractivity contribution in [3.8, 4) is 5.75 Å².